The third-order valence-electron chi connectivity index (χ3n) is 8.22. The third kappa shape index (κ3) is 7.18. The molecule has 1 aromatic heterocycles. The van der Waals surface area contributed by atoms with Gasteiger partial charge in [-0.3, -0.25) is 10.2 Å². The number of benzene rings is 3. The van der Waals surface area contributed by atoms with Gasteiger partial charge >= 0.3 is 6.03 Å². The first-order valence-electron chi connectivity index (χ1n) is 14.9. The Balaban J connectivity index is 1.00. The zero-order valence-corrected chi connectivity index (χ0v) is 24.9. The molecule has 46 heavy (non-hydrogen) atoms. The summed E-state index contributed by atoms with van der Waals surface area (Å²) < 4.78 is 42.5. The number of rotatable bonds is 11. The van der Waals surface area contributed by atoms with Gasteiger partial charge in [-0.05, 0) is 61.0 Å². The number of piperazine rings is 1. The van der Waals surface area contributed by atoms with Gasteiger partial charge in [0.1, 0.15) is 35.6 Å². The number of ether oxygens (including phenoxy) is 2. The number of carbonyl (C=O) groups excluding carboxylic acids is 2. The Morgan fingerprint density at radius 1 is 1.00 bits per heavy atom. The molecular weight excluding hydrogens is 598 g/mol. The Morgan fingerprint density at radius 3 is 2.33 bits per heavy atom. The monoisotopic (exact) mass is 632 g/mol. The number of amides is 3. The Hall–Kier alpha value is -5.24. The molecule has 2 saturated heterocycles. The molecule has 0 bridgehead atoms. The zero-order valence-electron chi connectivity index (χ0n) is 24.9. The summed E-state index contributed by atoms with van der Waals surface area (Å²) >= 11 is 0. The maximum Gasteiger partial charge on any atom is 0.337 e. The lowest BCUT2D eigenvalue weighted by Crippen LogP contribution is -2.46. The second-order valence-corrected chi connectivity index (χ2v) is 11.3. The number of hydrogen-bond acceptors (Lipinski definition) is 8. The first-order valence-corrected chi connectivity index (χ1v) is 14.9. The molecule has 0 saturated carbocycles. The number of nitrogens with zero attached hydrogens (tertiary/aromatic N) is 5. The van der Waals surface area contributed by atoms with E-state index in [-0.39, 0.29) is 12.5 Å². The average Bonchev–Trinajstić information content (AvgIpc) is 3.74. The van der Waals surface area contributed by atoms with Crippen LogP contribution in [0.5, 0.6) is 5.75 Å². The molecule has 12 nitrogen and oxygen atoms in total. The van der Waals surface area contributed by atoms with E-state index in [0.717, 1.165) is 49.4 Å². The summed E-state index contributed by atoms with van der Waals surface area (Å²) in [7, 11) is 0. The summed E-state index contributed by atoms with van der Waals surface area (Å²) in [5.41, 5.74) is 6.34. The fraction of sp³-hybridized carbons (Fsp3) is 0.312. The van der Waals surface area contributed by atoms with E-state index in [1.165, 1.54) is 18.5 Å². The number of aromatic nitrogens is 3. The molecule has 3 aromatic carbocycles. The molecule has 2 atom stereocenters. The fourth-order valence-corrected chi connectivity index (χ4v) is 5.99. The molecule has 2 unspecified atom stereocenters. The van der Waals surface area contributed by atoms with Crippen LogP contribution >= 0.6 is 0 Å². The molecule has 4 aromatic rings. The maximum atomic E-state index is 14.9. The van der Waals surface area contributed by atoms with Crippen molar-refractivity contribution in [1.82, 2.24) is 25.6 Å². The summed E-state index contributed by atoms with van der Waals surface area (Å²) in [6.45, 7) is 4.34. The molecule has 2 aliphatic rings. The van der Waals surface area contributed by atoms with E-state index in [1.54, 1.807) is 11.0 Å². The van der Waals surface area contributed by atoms with Crippen LogP contribution in [0.1, 0.15) is 12.0 Å². The summed E-state index contributed by atoms with van der Waals surface area (Å²) in [6, 6.07) is 18.6. The van der Waals surface area contributed by atoms with Crippen LogP contribution < -0.4 is 30.7 Å². The Morgan fingerprint density at radius 2 is 1.70 bits per heavy atom. The molecule has 2 fully saturated rings. The molecule has 2 aliphatic heterocycles. The van der Waals surface area contributed by atoms with Crippen LogP contribution in [0.25, 0.3) is 0 Å². The highest BCUT2D eigenvalue weighted by Gasteiger charge is 2.44. The minimum atomic E-state index is -1.02. The van der Waals surface area contributed by atoms with Crippen molar-refractivity contribution in [3.63, 3.8) is 0 Å². The van der Waals surface area contributed by atoms with Crippen LogP contribution in [0.2, 0.25) is 0 Å². The van der Waals surface area contributed by atoms with E-state index in [0.29, 0.717) is 37.3 Å². The van der Waals surface area contributed by atoms with Gasteiger partial charge in [0.05, 0.1) is 19.8 Å². The van der Waals surface area contributed by atoms with E-state index >= 15 is 0 Å². The Kier molecular flexibility index (Phi) is 9.24. The van der Waals surface area contributed by atoms with E-state index in [4.69, 9.17) is 9.47 Å². The molecule has 240 valence electrons. The molecule has 0 spiro atoms. The standard InChI is InChI=1S/C32H34F2N8O4/c33-24-1-10-29(30(34)15-24)32(19-42-21-35-20-37-42)16-23(18-46-32)17-45-28-8-6-27(7-9-28)41-13-11-40(12-14-41)26-4-2-25(3-5-26)38-31(44)39-36-22-43/h1-10,15,20-23H,11-14,16-19H2,(H,36,43)(H2,38,39,44). The summed E-state index contributed by atoms with van der Waals surface area (Å²) in [4.78, 5) is 30.6. The van der Waals surface area contributed by atoms with E-state index in [2.05, 4.69) is 36.1 Å². The number of hydrazine groups is 1. The minimum Gasteiger partial charge on any atom is -0.493 e. The SMILES string of the molecule is O=CNNC(=O)Nc1ccc(N2CCN(c3ccc(OCC4COC(Cn5cncn5)(c5ccc(F)cc5F)C4)cc3)CC2)cc1. The van der Waals surface area contributed by atoms with Gasteiger partial charge in [0.15, 0.2) is 0 Å². The van der Waals surface area contributed by atoms with Crippen molar-refractivity contribution in [2.45, 2.75) is 18.6 Å². The van der Waals surface area contributed by atoms with Crippen molar-refractivity contribution in [3.8, 4) is 5.75 Å². The summed E-state index contributed by atoms with van der Waals surface area (Å²) in [5, 5.41) is 6.81. The average molecular weight is 633 g/mol. The lowest BCUT2D eigenvalue weighted by atomic mass is 9.87. The van der Waals surface area contributed by atoms with Gasteiger partial charge in [-0.2, -0.15) is 5.10 Å². The van der Waals surface area contributed by atoms with Gasteiger partial charge in [-0.25, -0.2) is 28.7 Å². The van der Waals surface area contributed by atoms with Crippen molar-refractivity contribution < 1.29 is 27.8 Å². The van der Waals surface area contributed by atoms with Crippen molar-refractivity contribution in [2.24, 2.45) is 5.92 Å². The molecule has 3 amide bonds. The lowest BCUT2D eigenvalue weighted by molar-refractivity contribution is -0.110. The minimum absolute atomic E-state index is 0.0119. The van der Waals surface area contributed by atoms with E-state index < -0.39 is 23.3 Å². The van der Waals surface area contributed by atoms with E-state index in [9.17, 15) is 18.4 Å². The van der Waals surface area contributed by atoms with Crippen molar-refractivity contribution in [3.05, 3.63) is 96.6 Å². The highest BCUT2D eigenvalue weighted by Crippen LogP contribution is 2.42. The second-order valence-electron chi connectivity index (χ2n) is 11.3. The number of urea groups is 1. The largest absolute Gasteiger partial charge is 0.493 e. The van der Waals surface area contributed by atoms with Crippen LogP contribution in [0.3, 0.4) is 0 Å². The molecule has 0 radical (unpaired) electrons. The van der Waals surface area contributed by atoms with Gasteiger partial charge in [-0.15, -0.1) is 0 Å². The van der Waals surface area contributed by atoms with Crippen molar-refractivity contribution >= 4 is 29.5 Å². The smallest absolute Gasteiger partial charge is 0.337 e. The van der Waals surface area contributed by atoms with Crippen LogP contribution in [0, 0.1) is 17.6 Å². The van der Waals surface area contributed by atoms with Gasteiger partial charge in [0, 0.05) is 60.8 Å². The molecule has 6 rings (SSSR count). The Labute approximate surface area is 264 Å². The van der Waals surface area contributed by atoms with Crippen LogP contribution in [-0.4, -0.2) is 66.6 Å². The number of hydrogen-bond donors (Lipinski definition) is 3. The molecule has 0 aliphatic carbocycles. The number of nitrogens with one attached hydrogen (secondary N) is 3. The quantitative estimate of drug-likeness (QED) is 0.169. The predicted molar refractivity (Wildman–Crippen MR) is 166 cm³/mol. The topological polar surface area (TPSA) is 126 Å². The van der Waals surface area contributed by atoms with Gasteiger partial charge < -0.3 is 24.6 Å². The second kappa shape index (κ2) is 13.8. The van der Waals surface area contributed by atoms with E-state index in [1.807, 2.05) is 48.5 Å². The molecule has 3 N–H and O–H groups in total. The van der Waals surface area contributed by atoms with Crippen LogP contribution in [0.15, 0.2) is 79.4 Å². The number of halogens is 2. The first kappa shape index (κ1) is 30.8. The first-order chi connectivity index (χ1) is 22.4. The molecule has 14 heteroatoms. The predicted octanol–water partition coefficient (Wildman–Crippen LogP) is 3.68. The zero-order chi connectivity index (χ0) is 31.9. The lowest BCUT2D eigenvalue weighted by Gasteiger charge is -2.37. The highest BCUT2D eigenvalue weighted by atomic mass is 19.1. The number of anilines is 3. The summed E-state index contributed by atoms with van der Waals surface area (Å²) in [5.74, 6) is -0.574. The fourth-order valence-electron chi connectivity index (χ4n) is 5.99. The summed E-state index contributed by atoms with van der Waals surface area (Å²) in [6.07, 6.45) is 3.82. The van der Waals surface area contributed by atoms with Crippen LogP contribution in [-0.2, 0) is 21.7 Å². The van der Waals surface area contributed by atoms with Crippen molar-refractivity contribution in [1.29, 1.82) is 0 Å². The highest BCUT2D eigenvalue weighted by molar-refractivity contribution is 5.89. The number of carbonyl (C=O) groups is 2. The third-order valence-corrected chi connectivity index (χ3v) is 8.22. The van der Waals surface area contributed by atoms with Crippen molar-refractivity contribution in [2.75, 3.05) is 54.5 Å². The molecule has 3 heterocycles. The van der Waals surface area contributed by atoms with Gasteiger partial charge in [0.25, 0.3) is 0 Å². The Bertz CT molecular complexity index is 1620. The molecular formula is C32H34F2N8O4. The van der Waals surface area contributed by atoms with Crippen LogP contribution in [0.4, 0.5) is 30.6 Å². The maximum absolute atomic E-state index is 14.9. The van der Waals surface area contributed by atoms with Gasteiger partial charge in [-0.1, -0.05) is 6.07 Å². The normalized spacial score (nSPS) is 19.5. The van der Waals surface area contributed by atoms with Gasteiger partial charge in [0.2, 0.25) is 6.41 Å².